The third-order valence-electron chi connectivity index (χ3n) is 4.64. The minimum atomic E-state index is -0.898. The molecule has 25 heavy (non-hydrogen) atoms. The number of aromatic amines is 1. The van der Waals surface area contributed by atoms with Gasteiger partial charge in [0.25, 0.3) is 0 Å². The molecule has 134 valence electrons. The summed E-state index contributed by atoms with van der Waals surface area (Å²) in [5, 5.41) is 9.61. The van der Waals surface area contributed by atoms with Crippen LogP contribution in [-0.2, 0) is 16.0 Å². The van der Waals surface area contributed by atoms with Gasteiger partial charge in [0.1, 0.15) is 5.75 Å². The van der Waals surface area contributed by atoms with E-state index in [4.69, 9.17) is 9.84 Å². The highest BCUT2D eigenvalue weighted by atomic mass is 16.5. The minimum Gasteiger partial charge on any atom is -0.481 e. The molecule has 6 heteroatoms. The lowest BCUT2D eigenvalue weighted by Crippen LogP contribution is -2.21. The largest absolute Gasteiger partial charge is 0.481 e. The summed E-state index contributed by atoms with van der Waals surface area (Å²) in [4.78, 5) is 28.3. The van der Waals surface area contributed by atoms with E-state index < -0.39 is 5.97 Å². The smallest absolute Gasteiger partial charge is 0.311 e. The van der Waals surface area contributed by atoms with E-state index in [0.717, 1.165) is 42.5 Å². The molecule has 6 nitrogen and oxygen atoms in total. The highest BCUT2D eigenvalue weighted by Crippen LogP contribution is 2.30. The average Bonchev–Trinajstić information content (AvgIpc) is 3.22. The maximum Gasteiger partial charge on any atom is 0.311 e. The molecule has 2 heterocycles. The molecular formula is C19H24N2O4. The molecule has 2 N–H and O–H groups in total. The van der Waals surface area contributed by atoms with Crippen molar-refractivity contribution in [1.82, 2.24) is 9.88 Å². The topological polar surface area (TPSA) is 82.6 Å². The molecule has 2 aromatic rings. The van der Waals surface area contributed by atoms with Crippen LogP contribution in [-0.4, -0.2) is 46.6 Å². The summed E-state index contributed by atoms with van der Waals surface area (Å²) in [5.74, 6) is -0.735. The Morgan fingerprint density at radius 1 is 1.20 bits per heavy atom. The number of ether oxygens (including phenoxy) is 1. The normalized spacial score (nSPS) is 14.9. The third-order valence-corrected chi connectivity index (χ3v) is 4.64. The molecule has 0 bridgehead atoms. The lowest BCUT2D eigenvalue weighted by atomic mass is 10.1. The van der Waals surface area contributed by atoms with Crippen LogP contribution in [0.5, 0.6) is 5.75 Å². The number of carbonyl (C=O) groups excluding carboxylic acids is 1. The van der Waals surface area contributed by atoms with E-state index >= 15 is 0 Å². The van der Waals surface area contributed by atoms with E-state index in [1.54, 1.807) is 6.07 Å². The fourth-order valence-electron chi connectivity index (χ4n) is 3.34. The molecule has 1 aliphatic heterocycles. The maximum atomic E-state index is 12.0. The molecule has 0 amide bonds. The number of likely N-dealkylation sites (tertiary alicyclic amines) is 1. The van der Waals surface area contributed by atoms with Gasteiger partial charge in [-0.15, -0.1) is 0 Å². The van der Waals surface area contributed by atoms with Crippen LogP contribution in [0.1, 0.15) is 37.7 Å². The predicted octanol–water partition coefficient (Wildman–Crippen LogP) is 2.97. The van der Waals surface area contributed by atoms with E-state index in [2.05, 4.69) is 9.88 Å². The zero-order valence-corrected chi connectivity index (χ0v) is 14.3. The van der Waals surface area contributed by atoms with Gasteiger partial charge in [0.05, 0.1) is 0 Å². The van der Waals surface area contributed by atoms with Gasteiger partial charge in [-0.1, -0.05) is 6.07 Å². The second-order valence-electron chi connectivity index (χ2n) is 6.51. The van der Waals surface area contributed by atoms with E-state index in [0.29, 0.717) is 12.2 Å². The summed E-state index contributed by atoms with van der Waals surface area (Å²) in [6.07, 6.45) is 5.82. The summed E-state index contributed by atoms with van der Waals surface area (Å²) in [7, 11) is 0. The van der Waals surface area contributed by atoms with E-state index in [1.165, 1.54) is 12.8 Å². The van der Waals surface area contributed by atoms with Crippen molar-refractivity contribution in [3.8, 4) is 5.75 Å². The molecule has 0 aliphatic carbocycles. The van der Waals surface area contributed by atoms with Crippen molar-refractivity contribution >= 4 is 22.8 Å². The van der Waals surface area contributed by atoms with Gasteiger partial charge in [-0.05, 0) is 56.5 Å². The standard InChI is InChI=1S/C19H24N2O4/c22-17(23)7-4-8-18(24)25-16-6-3-5-15-19(16)14(13-20-15)9-12-21-10-1-2-11-21/h3,5-6,13,20H,1-2,4,7-12H2,(H,22,23). The lowest BCUT2D eigenvalue weighted by molar-refractivity contribution is -0.137. The number of H-pyrrole nitrogens is 1. The number of carbonyl (C=O) groups is 2. The second kappa shape index (κ2) is 8.16. The number of carboxylic acids is 1. The first-order valence-corrected chi connectivity index (χ1v) is 8.87. The molecule has 0 atom stereocenters. The van der Waals surface area contributed by atoms with Crippen LogP contribution in [0.15, 0.2) is 24.4 Å². The van der Waals surface area contributed by atoms with Crippen LogP contribution in [0.3, 0.4) is 0 Å². The Bertz CT molecular complexity index is 747. The molecule has 1 aromatic carbocycles. The van der Waals surface area contributed by atoms with Crippen molar-refractivity contribution in [3.63, 3.8) is 0 Å². The number of nitrogens with one attached hydrogen (secondary N) is 1. The zero-order valence-electron chi connectivity index (χ0n) is 14.3. The Hall–Kier alpha value is -2.34. The Labute approximate surface area is 146 Å². The molecular weight excluding hydrogens is 320 g/mol. The van der Waals surface area contributed by atoms with Gasteiger partial charge in [0.2, 0.25) is 0 Å². The number of esters is 1. The number of nitrogens with zero attached hydrogens (tertiary/aromatic N) is 1. The van der Waals surface area contributed by atoms with Crippen molar-refractivity contribution in [2.24, 2.45) is 0 Å². The maximum absolute atomic E-state index is 12.0. The first-order chi connectivity index (χ1) is 12.1. The number of carboxylic acid groups (broad SMARTS) is 1. The van der Waals surface area contributed by atoms with Crippen molar-refractivity contribution in [3.05, 3.63) is 30.0 Å². The highest BCUT2D eigenvalue weighted by molar-refractivity contribution is 5.91. The molecule has 1 saturated heterocycles. The number of benzene rings is 1. The summed E-state index contributed by atoms with van der Waals surface area (Å²) in [6.45, 7) is 3.33. The number of hydrogen-bond donors (Lipinski definition) is 2. The Kier molecular flexibility index (Phi) is 5.71. The number of aliphatic carboxylic acids is 1. The van der Waals surface area contributed by atoms with Gasteiger partial charge in [-0.25, -0.2) is 0 Å². The molecule has 0 radical (unpaired) electrons. The van der Waals surface area contributed by atoms with Gasteiger partial charge in [0, 0.05) is 36.5 Å². The summed E-state index contributed by atoms with van der Waals surface area (Å²) in [5.41, 5.74) is 2.10. The fourth-order valence-corrected chi connectivity index (χ4v) is 3.34. The van der Waals surface area contributed by atoms with Gasteiger partial charge in [-0.2, -0.15) is 0 Å². The second-order valence-corrected chi connectivity index (χ2v) is 6.51. The summed E-state index contributed by atoms with van der Waals surface area (Å²) in [6, 6.07) is 5.62. The summed E-state index contributed by atoms with van der Waals surface area (Å²) >= 11 is 0. The predicted molar refractivity (Wildman–Crippen MR) is 94.8 cm³/mol. The first-order valence-electron chi connectivity index (χ1n) is 8.87. The third kappa shape index (κ3) is 4.60. The highest BCUT2D eigenvalue weighted by Gasteiger charge is 2.16. The Balaban J connectivity index is 1.68. The van der Waals surface area contributed by atoms with Gasteiger partial charge < -0.3 is 19.7 Å². The van der Waals surface area contributed by atoms with Crippen LogP contribution in [0, 0.1) is 0 Å². The van der Waals surface area contributed by atoms with Crippen LogP contribution in [0.25, 0.3) is 10.9 Å². The molecule has 0 unspecified atom stereocenters. The van der Waals surface area contributed by atoms with Crippen LogP contribution >= 0.6 is 0 Å². The van der Waals surface area contributed by atoms with Crippen molar-refractivity contribution in [2.75, 3.05) is 19.6 Å². The van der Waals surface area contributed by atoms with Crippen LogP contribution in [0.2, 0.25) is 0 Å². The van der Waals surface area contributed by atoms with E-state index in [1.807, 2.05) is 18.3 Å². The SMILES string of the molecule is O=C(O)CCCC(=O)Oc1cccc2[nH]cc(CCN3CCCC3)c12. The number of hydrogen-bond acceptors (Lipinski definition) is 4. The molecule has 3 rings (SSSR count). The monoisotopic (exact) mass is 344 g/mol. The van der Waals surface area contributed by atoms with Crippen molar-refractivity contribution < 1.29 is 19.4 Å². The molecule has 0 saturated carbocycles. The molecule has 0 spiro atoms. The van der Waals surface area contributed by atoms with Crippen LogP contribution < -0.4 is 4.74 Å². The molecule has 1 aliphatic rings. The van der Waals surface area contributed by atoms with E-state index in [9.17, 15) is 9.59 Å². The molecule has 1 fully saturated rings. The Morgan fingerprint density at radius 2 is 2.00 bits per heavy atom. The number of fused-ring (bicyclic) bond motifs is 1. The quantitative estimate of drug-likeness (QED) is 0.568. The van der Waals surface area contributed by atoms with E-state index in [-0.39, 0.29) is 18.8 Å². The Morgan fingerprint density at radius 3 is 2.76 bits per heavy atom. The van der Waals surface area contributed by atoms with Crippen molar-refractivity contribution in [1.29, 1.82) is 0 Å². The summed E-state index contributed by atoms with van der Waals surface area (Å²) < 4.78 is 5.51. The van der Waals surface area contributed by atoms with Gasteiger partial charge in [0.15, 0.2) is 0 Å². The first kappa shape index (κ1) is 17.5. The fraction of sp³-hybridized carbons (Fsp3) is 0.474. The average molecular weight is 344 g/mol. The lowest BCUT2D eigenvalue weighted by Gasteiger charge is -2.14. The number of rotatable bonds is 8. The number of aromatic nitrogens is 1. The zero-order chi connectivity index (χ0) is 17.6. The van der Waals surface area contributed by atoms with Gasteiger partial charge >= 0.3 is 11.9 Å². The molecule has 1 aromatic heterocycles. The minimum absolute atomic E-state index is 0.0233. The van der Waals surface area contributed by atoms with Crippen molar-refractivity contribution in [2.45, 2.75) is 38.5 Å². The van der Waals surface area contributed by atoms with Gasteiger partial charge in [-0.3, -0.25) is 9.59 Å². The van der Waals surface area contributed by atoms with Crippen LogP contribution in [0.4, 0.5) is 0 Å².